The predicted octanol–water partition coefficient (Wildman–Crippen LogP) is 12.2. The number of hydrogen-bond acceptors (Lipinski definition) is 5. The summed E-state index contributed by atoms with van der Waals surface area (Å²) in [6.45, 7) is 4.80. The molecule has 0 aromatic heterocycles. The van der Waals surface area contributed by atoms with Crippen molar-refractivity contribution in [2.75, 3.05) is 6.54 Å². The number of carbonyl (C=O) groups excluding carboxylic acids is 2. The molecule has 0 bridgehead atoms. The maximum Gasteiger partial charge on any atom is 0.326 e. The van der Waals surface area contributed by atoms with E-state index in [1.54, 1.807) is 0 Å². The molecular formula is C46H80N2O5. The van der Waals surface area contributed by atoms with Gasteiger partial charge in [-0.15, -0.1) is 0 Å². The molecule has 2 atom stereocenters. The van der Waals surface area contributed by atoms with E-state index < -0.39 is 12.0 Å². The largest absolute Gasteiger partial charge is 0.480 e. The van der Waals surface area contributed by atoms with E-state index in [1.165, 1.54) is 89.9 Å². The SMILES string of the molecule is CC/C=C\C/C=C\C/C=C\C/C=C\C/C=C\C(CCCCC(=O)NC(CCCN)C(=O)O)OC(=O)CCCCCCCCCCCCCCCCCC. The number of aliphatic carboxylic acids is 1. The maximum absolute atomic E-state index is 12.7. The van der Waals surface area contributed by atoms with Crippen LogP contribution < -0.4 is 11.1 Å². The third kappa shape index (κ3) is 37.2. The summed E-state index contributed by atoms with van der Waals surface area (Å²) in [6.07, 6.45) is 49.9. The van der Waals surface area contributed by atoms with Crippen LogP contribution in [0.25, 0.3) is 0 Å². The van der Waals surface area contributed by atoms with E-state index in [9.17, 15) is 19.5 Å². The number of allylic oxidation sites excluding steroid dienone is 9. The van der Waals surface area contributed by atoms with Gasteiger partial charge in [0.05, 0.1) is 0 Å². The van der Waals surface area contributed by atoms with E-state index in [4.69, 9.17) is 10.5 Å². The Labute approximate surface area is 325 Å². The molecule has 0 saturated carbocycles. The zero-order chi connectivity index (χ0) is 38.9. The molecular weight excluding hydrogens is 661 g/mol. The highest BCUT2D eigenvalue weighted by molar-refractivity contribution is 5.83. The number of rotatable bonds is 38. The van der Waals surface area contributed by atoms with Gasteiger partial charge in [-0.25, -0.2) is 4.79 Å². The third-order valence-electron chi connectivity index (χ3n) is 9.33. The Bertz CT molecular complexity index is 1020. The Morgan fingerprint density at radius 2 is 1.02 bits per heavy atom. The molecule has 304 valence electrons. The van der Waals surface area contributed by atoms with Crippen LogP contribution in [0, 0.1) is 0 Å². The molecule has 2 unspecified atom stereocenters. The Balaban J connectivity index is 4.50. The topological polar surface area (TPSA) is 119 Å². The fourth-order valence-electron chi connectivity index (χ4n) is 6.10. The van der Waals surface area contributed by atoms with Crippen molar-refractivity contribution in [2.45, 2.75) is 206 Å². The highest BCUT2D eigenvalue weighted by atomic mass is 16.5. The van der Waals surface area contributed by atoms with E-state index in [0.717, 1.165) is 44.9 Å². The van der Waals surface area contributed by atoms with E-state index in [0.29, 0.717) is 45.1 Å². The fraction of sp³-hybridized carbons (Fsp3) is 0.717. The summed E-state index contributed by atoms with van der Waals surface area (Å²) in [5.41, 5.74) is 5.50. The highest BCUT2D eigenvalue weighted by Crippen LogP contribution is 2.16. The van der Waals surface area contributed by atoms with Gasteiger partial charge in [-0.3, -0.25) is 9.59 Å². The summed E-state index contributed by atoms with van der Waals surface area (Å²) in [5, 5.41) is 12.0. The summed E-state index contributed by atoms with van der Waals surface area (Å²) in [4.78, 5) is 36.6. The lowest BCUT2D eigenvalue weighted by Crippen LogP contribution is -2.40. The molecule has 0 heterocycles. The van der Waals surface area contributed by atoms with Crippen LogP contribution >= 0.6 is 0 Å². The van der Waals surface area contributed by atoms with Crippen LogP contribution in [-0.4, -0.2) is 41.6 Å². The van der Waals surface area contributed by atoms with Gasteiger partial charge in [0, 0.05) is 12.8 Å². The molecule has 7 nitrogen and oxygen atoms in total. The molecule has 0 fully saturated rings. The molecule has 0 aliphatic heterocycles. The number of carboxylic acids is 1. The molecule has 0 aliphatic rings. The van der Waals surface area contributed by atoms with Crippen LogP contribution in [0.2, 0.25) is 0 Å². The standard InChI is InChI=1S/C46H80N2O5/c1-3-5-7-9-11-13-15-17-19-20-22-24-26-28-30-32-40-45(50)53-42(37-33-34-39-44(49)48-43(46(51)52)38-35-41-47)36-31-29-27-25-23-21-18-16-14-12-10-8-6-4-2/h6,8,12,14,18,21,25,27,31,36,42-43H,3-5,7,9-11,13,15-17,19-20,22-24,26,28-30,32-35,37-41,47H2,1-2H3,(H,48,49)(H,51,52)/b8-6-,14-12-,21-18-,27-25-,36-31-. The molecule has 0 saturated heterocycles. The smallest absolute Gasteiger partial charge is 0.326 e. The first-order valence-corrected chi connectivity index (χ1v) is 21.6. The first kappa shape index (κ1) is 50.1. The zero-order valence-corrected chi connectivity index (χ0v) is 34.1. The van der Waals surface area contributed by atoms with Gasteiger partial charge in [-0.2, -0.15) is 0 Å². The lowest BCUT2D eigenvalue weighted by molar-refractivity contribution is -0.147. The predicted molar refractivity (Wildman–Crippen MR) is 225 cm³/mol. The van der Waals surface area contributed by atoms with Gasteiger partial charge in [0.15, 0.2) is 0 Å². The van der Waals surface area contributed by atoms with Crippen LogP contribution in [0.4, 0.5) is 0 Å². The first-order chi connectivity index (χ1) is 25.9. The van der Waals surface area contributed by atoms with Gasteiger partial charge in [-0.1, -0.05) is 165 Å². The molecule has 0 aliphatic carbocycles. The van der Waals surface area contributed by atoms with Gasteiger partial charge in [0.1, 0.15) is 12.1 Å². The number of esters is 1. The van der Waals surface area contributed by atoms with Gasteiger partial charge in [0.25, 0.3) is 0 Å². The summed E-state index contributed by atoms with van der Waals surface area (Å²) in [6, 6.07) is -0.911. The normalized spacial score (nSPS) is 13.3. The number of nitrogens with one attached hydrogen (secondary N) is 1. The van der Waals surface area contributed by atoms with Crippen LogP contribution in [0.5, 0.6) is 0 Å². The molecule has 0 radical (unpaired) electrons. The Hall–Kier alpha value is -2.93. The minimum absolute atomic E-state index is 0.164. The van der Waals surface area contributed by atoms with E-state index in [2.05, 4.69) is 67.8 Å². The average Bonchev–Trinajstić information content (AvgIpc) is 3.14. The minimum Gasteiger partial charge on any atom is -0.480 e. The molecule has 0 rings (SSSR count). The number of amides is 1. The van der Waals surface area contributed by atoms with Crippen LogP contribution in [-0.2, 0) is 19.1 Å². The molecule has 1 amide bonds. The van der Waals surface area contributed by atoms with Gasteiger partial charge in [-0.05, 0) is 83.2 Å². The molecule has 0 aromatic carbocycles. The van der Waals surface area contributed by atoms with Crippen molar-refractivity contribution in [1.82, 2.24) is 5.32 Å². The molecule has 0 spiro atoms. The van der Waals surface area contributed by atoms with E-state index in [1.807, 2.05) is 12.2 Å². The first-order valence-electron chi connectivity index (χ1n) is 21.6. The summed E-state index contributed by atoms with van der Waals surface area (Å²) in [5.74, 6) is -1.48. The lowest BCUT2D eigenvalue weighted by Gasteiger charge is -2.16. The van der Waals surface area contributed by atoms with Crippen molar-refractivity contribution >= 4 is 17.8 Å². The number of hydrogen-bond donors (Lipinski definition) is 3. The minimum atomic E-state index is -1.04. The third-order valence-corrected chi connectivity index (χ3v) is 9.33. The average molecular weight is 741 g/mol. The van der Waals surface area contributed by atoms with Crippen LogP contribution in [0.1, 0.15) is 194 Å². The van der Waals surface area contributed by atoms with Crippen molar-refractivity contribution in [3.05, 3.63) is 60.8 Å². The van der Waals surface area contributed by atoms with Crippen molar-refractivity contribution in [2.24, 2.45) is 5.73 Å². The second kappa shape index (κ2) is 40.3. The van der Waals surface area contributed by atoms with Gasteiger partial charge < -0.3 is 20.9 Å². The van der Waals surface area contributed by atoms with Crippen LogP contribution in [0.3, 0.4) is 0 Å². The molecule has 53 heavy (non-hydrogen) atoms. The lowest BCUT2D eigenvalue weighted by atomic mass is 10.0. The highest BCUT2D eigenvalue weighted by Gasteiger charge is 2.19. The van der Waals surface area contributed by atoms with Gasteiger partial charge in [0.2, 0.25) is 5.91 Å². The summed E-state index contributed by atoms with van der Waals surface area (Å²) < 4.78 is 5.87. The molecule has 4 N–H and O–H groups in total. The van der Waals surface area contributed by atoms with E-state index in [-0.39, 0.29) is 24.4 Å². The second-order valence-corrected chi connectivity index (χ2v) is 14.4. The number of carboxylic acid groups (broad SMARTS) is 1. The Morgan fingerprint density at radius 1 is 0.566 bits per heavy atom. The molecule has 0 aromatic rings. The zero-order valence-electron chi connectivity index (χ0n) is 34.1. The van der Waals surface area contributed by atoms with Gasteiger partial charge >= 0.3 is 11.9 Å². The summed E-state index contributed by atoms with van der Waals surface area (Å²) in [7, 11) is 0. The van der Waals surface area contributed by atoms with Crippen molar-refractivity contribution < 1.29 is 24.2 Å². The monoisotopic (exact) mass is 741 g/mol. The number of nitrogens with two attached hydrogens (primary N) is 1. The summed E-state index contributed by atoms with van der Waals surface area (Å²) >= 11 is 0. The number of unbranched alkanes of at least 4 members (excludes halogenated alkanes) is 16. The molecule has 7 heteroatoms. The number of ether oxygens (including phenoxy) is 1. The quantitative estimate of drug-likeness (QED) is 0.0329. The van der Waals surface area contributed by atoms with Crippen molar-refractivity contribution in [3.63, 3.8) is 0 Å². The van der Waals surface area contributed by atoms with E-state index >= 15 is 0 Å². The fourth-order valence-corrected chi connectivity index (χ4v) is 6.10. The van der Waals surface area contributed by atoms with Crippen molar-refractivity contribution in [1.29, 1.82) is 0 Å². The Morgan fingerprint density at radius 3 is 1.49 bits per heavy atom. The van der Waals surface area contributed by atoms with Crippen LogP contribution in [0.15, 0.2) is 60.8 Å². The second-order valence-electron chi connectivity index (χ2n) is 14.4. The van der Waals surface area contributed by atoms with Crippen molar-refractivity contribution in [3.8, 4) is 0 Å². The maximum atomic E-state index is 12.7. The Kier molecular flexibility index (Phi) is 38.0. The number of carbonyl (C=O) groups is 3.